The molecule has 0 radical (unpaired) electrons. The normalized spacial score (nSPS) is 27.9. The molecule has 1 saturated heterocycles. The molecule has 96 valence electrons. The average Bonchev–Trinajstić information content (AvgIpc) is 2.34. The average molecular weight is 228 g/mol. The zero-order valence-corrected chi connectivity index (χ0v) is 11.2. The molecule has 3 atom stereocenters. The predicted molar refractivity (Wildman–Crippen MR) is 67.7 cm³/mol. The standard InChI is InChI=1S/C14H28O2/c1-4-5-6-7-9-13-10-8-11-14(16-13)12(2)15-3/h12-14H,4-11H2,1-3H3/t12-,13+,14-/m0/s1. The van der Waals surface area contributed by atoms with Crippen LogP contribution >= 0.6 is 0 Å². The molecule has 0 spiro atoms. The fourth-order valence-corrected chi connectivity index (χ4v) is 2.44. The van der Waals surface area contributed by atoms with Gasteiger partial charge in [0.05, 0.1) is 18.3 Å². The number of methoxy groups -OCH3 is 1. The van der Waals surface area contributed by atoms with Crippen LogP contribution in [0.15, 0.2) is 0 Å². The number of unbranched alkanes of at least 4 members (excludes halogenated alkanes) is 3. The summed E-state index contributed by atoms with van der Waals surface area (Å²) in [5.41, 5.74) is 0. The summed E-state index contributed by atoms with van der Waals surface area (Å²) in [5, 5.41) is 0. The lowest BCUT2D eigenvalue weighted by molar-refractivity contribution is -0.112. The Hall–Kier alpha value is -0.0800. The number of hydrogen-bond donors (Lipinski definition) is 0. The lowest BCUT2D eigenvalue weighted by atomic mass is 9.97. The Labute approximate surface area is 101 Å². The first-order valence-electron chi connectivity index (χ1n) is 6.96. The van der Waals surface area contributed by atoms with Gasteiger partial charge in [0.25, 0.3) is 0 Å². The molecule has 1 aliphatic heterocycles. The van der Waals surface area contributed by atoms with Gasteiger partial charge in [-0.15, -0.1) is 0 Å². The summed E-state index contributed by atoms with van der Waals surface area (Å²) >= 11 is 0. The van der Waals surface area contributed by atoms with Crippen LogP contribution in [0.25, 0.3) is 0 Å². The Morgan fingerprint density at radius 3 is 2.75 bits per heavy atom. The topological polar surface area (TPSA) is 18.5 Å². The molecule has 1 fully saturated rings. The van der Waals surface area contributed by atoms with Gasteiger partial charge in [0.2, 0.25) is 0 Å². The molecule has 1 aliphatic rings. The van der Waals surface area contributed by atoms with Crippen LogP contribution in [0.4, 0.5) is 0 Å². The molecular formula is C14H28O2. The van der Waals surface area contributed by atoms with Crippen molar-refractivity contribution in [1.82, 2.24) is 0 Å². The molecule has 0 N–H and O–H groups in total. The number of ether oxygens (including phenoxy) is 2. The van der Waals surface area contributed by atoms with Gasteiger partial charge in [-0.3, -0.25) is 0 Å². The van der Waals surface area contributed by atoms with Crippen molar-refractivity contribution in [2.75, 3.05) is 7.11 Å². The molecule has 0 bridgehead atoms. The fraction of sp³-hybridized carbons (Fsp3) is 1.00. The van der Waals surface area contributed by atoms with Gasteiger partial charge in [-0.2, -0.15) is 0 Å². The first-order valence-corrected chi connectivity index (χ1v) is 6.96. The molecule has 0 saturated carbocycles. The molecule has 0 aliphatic carbocycles. The molecule has 16 heavy (non-hydrogen) atoms. The molecule has 2 nitrogen and oxygen atoms in total. The van der Waals surface area contributed by atoms with Crippen molar-refractivity contribution in [3.05, 3.63) is 0 Å². The van der Waals surface area contributed by atoms with E-state index in [-0.39, 0.29) is 6.10 Å². The Balaban J connectivity index is 2.17. The number of rotatable bonds is 7. The highest BCUT2D eigenvalue weighted by atomic mass is 16.5. The highest BCUT2D eigenvalue weighted by molar-refractivity contribution is 4.75. The van der Waals surface area contributed by atoms with E-state index in [2.05, 4.69) is 13.8 Å². The van der Waals surface area contributed by atoms with E-state index >= 15 is 0 Å². The van der Waals surface area contributed by atoms with Gasteiger partial charge in [-0.05, 0) is 32.6 Å². The van der Waals surface area contributed by atoms with E-state index in [0.717, 1.165) is 0 Å². The predicted octanol–water partition coefficient (Wildman–Crippen LogP) is 3.93. The smallest absolute Gasteiger partial charge is 0.0837 e. The van der Waals surface area contributed by atoms with Crippen molar-refractivity contribution in [2.24, 2.45) is 0 Å². The quantitative estimate of drug-likeness (QED) is 0.615. The summed E-state index contributed by atoms with van der Waals surface area (Å²) in [4.78, 5) is 0. The molecule has 0 amide bonds. The van der Waals surface area contributed by atoms with Crippen molar-refractivity contribution in [2.45, 2.75) is 83.5 Å². The van der Waals surface area contributed by atoms with E-state index in [9.17, 15) is 0 Å². The van der Waals surface area contributed by atoms with Crippen LogP contribution in [-0.2, 0) is 9.47 Å². The maximum atomic E-state index is 6.09. The molecule has 0 unspecified atom stereocenters. The molecule has 1 heterocycles. The maximum Gasteiger partial charge on any atom is 0.0837 e. The first-order chi connectivity index (χ1) is 7.77. The van der Waals surface area contributed by atoms with Crippen LogP contribution in [0.2, 0.25) is 0 Å². The summed E-state index contributed by atoms with van der Waals surface area (Å²) in [7, 11) is 1.78. The lowest BCUT2D eigenvalue weighted by Gasteiger charge is -2.33. The van der Waals surface area contributed by atoms with E-state index in [1.807, 2.05) is 0 Å². The minimum atomic E-state index is 0.249. The van der Waals surface area contributed by atoms with Crippen molar-refractivity contribution < 1.29 is 9.47 Å². The molecule has 0 aromatic heterocycles. The highest BCUT2D eigenvalue weighted by Crippen LogP contribution is 2.25. The molecule has 0 aromatic carbocycles. The summed E-state index contributed by atoms with van der Waals surface area (Å²) < 4.78 is 11.5. The summed E-state index contributed by atoms with van der Waals surface area (Å²) in [6.07, 6.45) is 11.4. The summed E-state index contributed by atoms with van der Waals surface area (Å²) in [6, 6.07) is 0. The van der Waals surface area contributed by atoms with Crippen molar-refractivity contribution in [1.29, 1.82) is 0 Å². The van der Waals surface area contributed by atoms with Gasteiger partial charge < -0.3 is 9.47 Å². The molecule has 2 heteroatoms. The van der Waals surface area contributed by atoms with Gasteiger partial charge in [-0.1, -0.05) is 32.6 Å². The Kier molecular flexibility index (Phi) is 7.06. The van der Waals surface area contributed by atoms with Gasteiger partial charge in [0.1, 0.15) is 0 Å². The van der Waals surface area contributed by atoms with E-state index in [4.69, 9.17) is 9.47 Å². The zero-order chi connectivity index (χ0) is 11.8. The van der Waals surface area contributed by atoms with Crippen LogP contribution in [-0.4, -0.2) is 25.4 Å². The minimum absolute atomic E-state index is 0.249. The van der Waals surface area contributed by atoms with E-state index in [0.29, 0.717) is 12.2 Å². The first kappa shape index (κ1) is 14.0. The molecule has 1 rings (SSSR count). The van der Waals surface area contributed by atoms with E-state index in [1.165, 1.54) is 51.4 Å². The van der Waals surface area contributed by atoms with Gasteiger partial charge >= 0.3 is 0 Å². The van der Waals surface area contributed by atoms with Crippen LogP contribution in [0, 0.1) is 0 Å². The Morgan fingerprint density at radius 2 is 2.06 bits per heavy atom. The van der Waals surface area contributed by atoms with E-state index in [1.54, 1.807) is 7.11 Å². The van der Waals surface area contributed by atoms with Crippen LogP contribution in [0.5, 0.6) is 0 Å². The fourth-order valence-electron chi connectivity index (χ4n) is 2.44. The third kappa shape index (κ3) is 4.84. The van der Waals surface area contributed by atoms with Gasteiger partial charge in [-0.25, -0.2) is 0 Å². The Morgan fingerprint density at radius 1 is 1.25 bits per heavy atom. The third-order valence-corrected chi connectivity index (χ3v) is 3.66. The summed E-state index contributed by atoms with van der Waals surface area (Å²) in [6.45, 7) is 4.37. The maximum absolute atomic E-state index is 6.09. The Bertz CT molecular complexity index is 170. The van der Waals surface area contributed by atoms with Crippen molar-refractivity contribution in [3.63, 3.8) is 0 Å². The molecular weight excluding hydrogens is 200 g/mol. The second-order valence-corrected chi connectivity index (χ2v) is 5.02. The summed E-state index contributed by atoms with van der Waals surface area (Å²) in [5.74, 6) is 0. The lowest BCUT2D eigenvalue weighted by Crippen LogP contribution is -2.36. The van der Waals surface area contributed by atoms with Crippen LogP contribution < -0.4 is 0 Å². The highest BCUT2D eigenvalue weighted by Gasteiger charge is 2.26. The minimum Gasteiger partial charge on any atom is -0.379 e. The largest absolute Gasteiger partial charge is 0.379 e. The molecule has 0 aromatic rings. The SMILES string of the molecule is CCCCCC[C@@H]1CCC[C@@H]([C@H](C)OC)O1. The van der Waals surface area contributed by atoms with Crippen LogP contribution in [0.3, 0.4) is 0 Å². The van der Waals surface area contributed by atoms with Crippen molar-refractivity contribution in [3.8, 4) is 0 Å². The number of hydrogen-bond acceptors (Lipinski definition) is 2. The van der Waals surface area contributed by atoms with Crippen molar-refractivity contribution >= 4 is 0 Å². The third-order valence-electron chi connectivity index (χ3n) is 3.66. The monoisotopic (exact) mass is 228 g/mol. The van der Waals surface area contributed by atoms with E-state index < -0.39 is 0 Å². The van der Waals surface area contributed by atoms with Crippen LogP contribution in [0.1, 0.15) is 65.2 Å². The second kappa shape index (κ2) is 8.08. The second-order valence-electron chi connectivity index (χ2n) is 5.02. The van der Waals surface area contributed by atoms with Gasteiger partial charge in [0, 0.05) is 7.11 Å². The van der Waals surface area contributed by atoms with Gasteiger partial charge in [0.15, 0.2) is 0 Å². The zero-order valence-electron chi connectivity index (χ0n) is 11.2.